The zero-order valence-corrected chi connectivity index (χ0v) is 10.2. The molecule has 14 heavy (non-hydrogen) atoms. The summed E-state index contributed by atoms with van der Waals surface area (Å²) in [5, 5.41) is 0. The molecule has 0 spiro atoms. The molecule has 0 unspecified atom stereocenters. The summed E-state index contributed by atoms with van der Waals surface area (Å²) in [6.07, 6.45) is 0. The number of hydrogen-bond acceptors (Lipinski definition) is 6. The maximum atomic E-state index is 10.5. The number of hydrogen-bond donors (Lipinski definition) is 1. The normalized spacial score (nSPS) is 10.2. The monoisotopic (exact) mass is 250 g/mol. The first-order valence-corrected chi connectivity index (χ1v) is 6.31. The van der Waals surface area contributed by atoms with Gasteiger partial charge in [0.2, 0.25) is 0 Å². The SMILES string of the molecule is C.COP(C)(=O)OC.COP(O)OC. The maximum absolute atomic E-state index is 10.5. The summed E-state index contributed by atoms with van der Waals surface area (Å²) >= 11 is 0. The highest BCUT2D eigenvalue weighted by Crippen LogP contribution is 2.40. The minimum atomic E-state index is -2.65. The first-order chi connectivity index (χ1) is 5.93. The Bertz CT molecular complexity index is 141. The van der Waals surface area contributed by atoms with Crippen molar-refractivity contribution in [2.75, 3.05) is 35.1 Å². The van der Waals surface area contributed by atoms with Crippen molar-refractivity contribution in [3.8, 4) is 0 Å². The van der Waals surface area contributed by atoms with Crippen LogP contribution in [0.15, 0.2) is 0 Å². The molecule has 0 atom stereocenters. The Labute approximate surface area is 87.0 Å². The van der Waals surface area contributed by atoms with Crippen LogP contribution in [0.5, 0.6) is 0 Å². The van der Waals surface area contributed by atoms with E-state index >= 15 is 0 Å². The van der Waals surface area contributed by atoms with E-state index in [0.717, 1.165) is 0 Å². The van der Waals surface area contributed by atoms with Gasteiger partial charge < -0.3 is 23.0 Å². The van der Waals surface area contributed by atoms with Gasteiger partial charge in [-0.25, -0.2) is 0 Å². The Hall–Kier alpha value is 0.460. The molecule has 0 bridgehead atoms. The third-order valence-electron chi connectivity index (χ3n) is 0.976. The van der Waals surface area contributed by atoms with E-state index in [1.54, 1.807) is 0 Å². The second kappa shape index (κ2) is 11.5. The van der Waals surface area contributed by atoms with E-state index in [2.05, 4.69) is 18.1 Å². The van der Waals surface area contributed by atoms with E-state index in [4.69, 9.17) is 4.89 Å². The Morgan fingerprint density at radius 1 is 1.07 bits per heavy atom. The van der Waals surface area contributed by atoms with Crippen molar-refractivity contribution < 1.29 is 27.6 Å². The molecule has 0 amide bonds. The molecule has 0 rings (SSSR count). The molecule has 0 saturated heterocycles. The van der Waals surface area contributed by atoms with Gasteiger partial charge >= 0.3 is 16.2 Å². The Kier molecular flexibility index (Phi) is 16.4. The average Bonchev–Trinajstić information content (AvgIpc) is 2.17. The second-order valence-corrected chi connectivity index (χ2v) is 5.22. The minimum absolute atomic E-state index is 0. The molecule has 0 aromatic rings. The van der Waals surface area contributed by atoms with Crippen LogP contribution in [0.3, 0.4) is 0 Å². The fraction of sp³-hybridized carbons (Fsp3) is 1.00. The predicted octanol–water partition coefficient (Wildman–Crippen LogP) is 2.24. The van der Waals surface area contributed by atoms with Crippen LogP contribution in [0.1, 0.15) is 7.43 Å². The van der Waals surface area contributed by atoms with E-state index in [1.807, 2.05) is 0 Å². The molecular formula is C6H20O6P2. The van der Waals surface area contributed by atoms with Crippen molar-refractivity contribution in [1.29, 1.82) is 0 Å². The van der Waals surface area contributed by atoms with Crippen LogP contribution in [0.4, 0.5) is 0 Å². The lowest BCUT2D eigenvalue weighted by Crippen LogP contribution is -1.82. The summed E-state index contributed by atoms with van der Waals surface area (Å²) in [7, 11) is 1.24. The molecule has 0 aliphatic carbocycles. The lowest BCUT2D eigenvalue weighted by molar-refractivity contribution is 0.271. The van der Waals surface area contributed by atoms with Crippen LogP contribution in [-0.2, 0) is 22.7 Å². The summed E-state index contributed by atoms with van der Waals surface area (Å²) in [5.41, 5.74) is 0. The van der Waals surface area contributed by atoms with Gasteiger partial charge in [0, 0.05) is 35.1 Å². The van der Waals surface area contributed by atoms with Crippen LogP contribution in [0.25, 0.3) is 0 Å². The summed E-state index contributed by atoms with van der Waals surface area (Å²) in [6.45, 7) is 1.41. The molecule has 0 saturated carbocycles. The summed E-state index contributed by atoms with van der Waals surface area (Å²) < 4.78 is 27.9. The van der Waals surface area contributed by atoms with Gasteiger partial charge in [0.25, 0.3) is 0 Å². The molecule has 0 aromatic carbocycles. The average molecular weight is 250 g/mol. The Morgan fingerprint density at radius 2 is 1.36 bits per heavy atom. The zero-order valence-electron chi connectivity index (χ0n) is 8.38. The second-order valence-electron chi connectivity index (χ2n) is 1.74. The molecule has 8 heteroatoms. The van der Waals surface area contributed by atoms with E-state index in [0.29, 0.717) is 0 Å². The van der Waals surface area contributed by atoms with Crippen LogP contribution >= 0.6 is 16.2 Å². The lowest BCUT2D eigenvalue weighted by Gasteiger charge is -2.04. The topological polar surface area (TPSA) is 74.2 Å². The highest BCUT2D eigenvalue weighted by atomic mass is 31.2. The molecular weight excluding hydrogens is 230 g/mol. The van der Waals surface area contributed by atoms with Gasteiger partial charge in [0.1, 0.15) is 0 Å². The Morgan fingerprint density at radius 3 is 1.36 bits per heavy atom. The van der Waals surface area contributed by atoms with Gasteiger partial charge in [-0.1, -0.05) is 7.43 Å². The van der Waals surface area contributed by atoms with Crippen molar-refractivity contribution in [1.82, 2.24) is 0 Å². The lowest BCUT2D eigenvalue weighted by atomic mass is 11.8. The Balaban J connectivity index is -0.000000163. The first-order valence-electron chi connectivity index (χ1n) is 3.19. The van der Waals surface area contributed by atoms with Crippen molar-refractivity contribution in [2.24, 2.45) is 0 Å². The standard InChI is InChI=1S/C3H9O3P.C2H7O3P.CH4/c1-5-7(3,4)6-2;1-4-6(3)5-2;/h1-3H3;3H,1-2H3;1H4. The molecule has 0 heterocycles. The van der Waals surface area contributed by atoms with Gasteiger partial charge in [-0.3, -0.25) is 4.57 Å². The maximum Gasteiger partial charge on any atom is 0.329 e. The van der Waals surface area contributed by atoms with Crippen molar-refractivity contribution in [2.45, 2.75) is 7.43 Å². The van der Waals surface area contributed by atoms with Crippen LogP contribution in [0, 0.1) is 0 Å². The highest BCUT2D eigenvalue weighted by Gasteiger charge is 2.08. The van der Waals surface area contributed by atoms with Gasteiger partial charge in [0.15, 0.2) is 0 Å². The van der Waals surface area contributed by atoms with Crippen LogP contribution in [-0.4, -0.2) is 40.0 Å². The largest absolute Gasteiger partial charge is 0.329 e. The molecule has 1 N–H and O–H groups in total. The van der Waals surface area contributed by atoms with Gasteiger partial charge in [-0.05, 0) is 0 Å². The third kappa shape index (κ3) is 15.0. The summed E-state index contributed by atoms with van der Waals surface area (Å²) in [6, 6.07) is 0. The van der Waals surface area contributed by atoms with Gasteiger partial charge in [-0.15, -0.1) is 0 Å². The zero-order chi connectivity index (χ0) is 10.9. The minimum Gasteiger partial charge on any atom is -0.328 e. The fourth-order valence-electron chi connectivity index (χ4n) is 0.149. The van der Waals surface area contributed by atoms with Crippen molar-refractivity contribution >= 4 is 16.2 Å². The quantitative estimate of drug-likeness (QED) is 0.771. The van der Waals surface area contributed by atoms with Crippen molar-refractivity contribution in [3.63, 3.8) is 0 Å². The summed E-state index contributed by atoms with van der Waals surface area (Å²) in [4.78, 5) is 8.29. The molecule has 90 valence electrons. The van der Waals surface area contributed by atoms with E-state index in [1.165, 1.54) is 35.1 Å². The molecule has 0 aliphatic rings. The molecule has 0 aliphatic heterocycles. The highest BCUT2D eigenvalue weighted by molar-refractivity contribution is 7.52. The first kappa shape index (κ1) is 19.9. The number of rotatable bonds is 4. The summed E-state index contributed by atoms with van der Waals surface area (Å²) in [5.74, 6) is 0. The van der Waals surface area contributed by atoms with Crippen molar-refractivity contribution in [3.05, 3.63) is 0 Å². The molecule has 0 aromatic heterocycles. The van der Waals surface area contributed by atoms with Crippen LogP contribution < -0.4 is 0 Å². The van der Waals surface area contributed by atoms with Crippen LogP contribution in [0.2, 0.25) is 0 Å². The smallest absolute Gasteiger partial charge is 0.328 e. The molecule has 0 radical (unpaired) electrons. The fourth-order valence-corrected chi connectivity index (χ4v) is 0.447. The van der Waals surface area contributed by atoms with E-state index < -0.39 is 16.2 Å². The van der Waals surface area contributed by atoms with E-state index in [9.17, 15) is 4.57 Å². The molecule has 6 nitrogen and oxygen atoms in total. The molecule has 0 fully saturated rings. The van der Waals surface area contributed by atoms with E-state index in [-0.39, 0.29) is 7.43 Å². The predicted molar refractivity (Wildman–Crippen MR) is 57.4 cm³/mol. The van der Waals surface area contributed by atoms with Gasteiger partial charge in [0.05, 0.1) is 0 Å². The third-order valence-corrected chi connectivity index (χ3v) is 2.93. The van der Waals surface area contributed by atoms with Gasteiger partial charge in [-0.2, -0.15) is 0 Å².